The summed E-state index contributed by atoms with van der Waals surface area (Å²) in [5.74, 6) is -1.42. The maximum Gasteiger partial charge on any atom is 0.387 e. The highest BCUT2D eigenvalue weighted by Crippen LogP contribution is 2.29. The summed E-state index contributed by atoms with van der Waals surface area (Å²) in [6.07, 6.45) is 0.766. The molecule has 0 saturated heterocycles. The molecule has 0 heterocycles. The number of halogens is 2. The lowest BCUT2D eigenvalue weighted by Crippen LogP contribution is -2.29. The third-order valence-corrected chi connectivity index (χ3v) is 2.52. The Hall–Kier alpha value is -2.38. The van der Waals surface area contributed by atoms with E-state index < -0.39 is 25.1 Å². The summed E-state index contributed by atoms with van der Waals surface area (Å²) in [6.45, 7) is -1.05. The minimum Gasteiger partial charge on any atom is -0.493 e. The van der Waals surface area contributed by atoms with Crippen molar-refractivity contribution in [3.63, 3.8) is 0 Å². The van der Waals surface area contributed by atoms with Crippen LogP contribution in [-0.2, 0) is 9.53 Å². The number of carbonyl (C=O) groups is 2. The normalized spacial score (nSPS) is 10.2. The first-order valence-electron chi connectivity index (χ1n) is 6.54. The molecule has 0 aliphatic heterocycles. The van der Waals surface area contributed by atoms with Crippen LogP contribution < -0.4 is 14.8 Å². The predicted octanol–water partition coefficient (Wildman–Crippen LogP) is 1.98. The molecule has 0 fully saturated rings. The Balaban J connectivity index is 2.67. The second-order valence-corrected chi connectivity index (χ2v) is 4.17. The zero-order valence-electron chi connectivity index (χ0n) is 12.2. The van der Waals surface area contributed by atoms with Gasteiger partial charge in [0.15, 0.2) is 18.1 Å². The number of carbonyl (C=O) groups excluding carboxylic acids is 2. The Morgan fingerprint density at radius 2 is 2.00 bits per heavy atom. The summed E-state index contributed by atoms with van der Waals surface area (Å²) in [5.41, 5.74) is 0.0572. The second kappa shape index (κ2) is 8.81. The van der Waals surface area contributed by atoms with E-state index in [0.717, 1.165) is 6.42 Å². The van der Waals surface area contributed by atoms with Crippen molar-refractivity contribution in [1.29, 1.82) is 0 Å². The average molecular weight is 317 g/mol. The standard InChI is InChI=1S/C14H17F2NO5/c1-3-6-17-12(18)8-21-13(19)9-4-5-10(22-14(15)16)11(7-9)20-2/h4-5,7,14H,3,6,8H2,1-2H3,(H,17,18). The number of methoxy groups -OCH3 is 1. The molecule has 0 radical (unpaired) electrons. The van der Waals surface area contributed by atoms with Crippen molar-refractivity contribution in [2.45, 2.75) is 20.0 Å². The zero-order valence-corrected chi connectivity index (χ0v) is 12.2. The van der Waals surface area contributed by atoms with Crippen molar-refractivity contribution in [2.75, 3.05) is 20.3 Å². The number of esters is 1. The van der Waals surface area contributed by atoms with Crippen LogP contribution in [0.25, 0.3) is 0 Å². The largest absolute Gasteiger partial charge is 0.493 e. The number of amides is 1. The molecule has 0 spiro atoms. The first-order valence-corrected chi connectivity index (χ1v) is 6.54. The maximum atomic E-state index is 12.2. The highest BCUT2D eigenvalue weighted by atomic mass is 19.3. The minimum absolute atomic E-state index is 0.0369. The fourth-order valence-electron chi connectivity index (χ4n) is 1.52. The smallest absolute Gasteiger partial charge is 0.387 e. The molecule has 0 aliphatic rings. The van der Waals surface area contributed by atoms with Crippen LogP contribution in [0.4, 0.5) is 8.78 Å². The molecular weight excluding hydrogens is 300 g/mol. The summed E-state index contributed by atoms with van der Waals surface area (Å²) in [7, 11) is 1.25. The van der Waals surface area contributed by atoms with Crippen LogP contribution >= 0.6 is 0 Å². The first kappa shape index (κ1) is 17.7. The lowest BCUT2D eigenvalue weighted by Gasteiger charge is -2.11. The SMILES string of the molecule is CCCNC(=O)COC(=O)c1ccc(OC(F)F)c(OC)c1. The van der Waals surface area contributed by atoms with E-state index in [0.29, 0.717) is 6.54 Å². The number of ether oxygens (including phenoxy) is 3. The Labute approximate surface area is 126 Å². The number of alkyl halides is 2. The average Bonchev–Trinajstić information content (AvgIpc) is 2.50. The van der Waals surface area contributed by atoms with Crippen molar-refractivity contribution in [1.82, 2.24) is 5.32 Å². The molecule has 8 heteroatoms. The van der Waals surface area contributed by atoms with Gasteiger partial charge in [-0.25, -0.2) is 4.79 Å². The fraction of sp³-hybridized carbons (Fsp3) is 0.429. The van der Waals surface area contributed by atoms with Gasteiger partial charge in [0.1, 0.15) is 0 Å². The molecule has 1 aromatic carbocycles. The van der Waals surface area contributed by atoms with Crippen LogP contribution in [0.1, 0.15) is 23.7 Å². The summed E-state index contributed by atoms with van der Waals surface area (Å²) < 4.78 is 38.3. The number of rotatable bonds is 8. The molecule has 0 aliphatic carbocycles. The van der Waals surface area contributed by atoms with Crippen molar-refractivity contribution in [2.24, 2.45) is 0 Å². The van der Waals surface area contributed by atoms with E-state index in [1.165, 1.54) is 25.3 Å². The van der Waals surface area contributed by atoms with Gasteiger partial charge in [0.25, 0.3) is 5.91 Å². The zero-order chi connectivity index (χ0) is 16.5. The first-order chi connectivity index (χ1) is 10.5. The van der Waals surface area contributed by atoms with E-state index in [1.54, 1.807) is 0 Å². The van der Waals surface area contributed by atoms with E-state index in [2.05, 4.69) is 10.1 Å². The van der Waals surface area contributed by atoms with Crippen molar-refractivity contribution < 1.29 is 32.6 Å². The Morgan fingerprint density at radius 3 is 2.59 bits per heavy atom. The number of nitrogens with one attached hydrogen (secondary N) is 1. The summed E-state index contributed by atoms with van der Waals surface area (Å²) in [5, 5.41) is 2.55. The Bertz CT molecular complexity index is 522. The molecule has 122 valence electrons. The van der Waals surface area contributed by atoms with Gasteiger partial charge in [-0.15, -0.1) is 0 Å². The van der Waals surface area contributed by atoms with E-state index in [9.17, 15) is 18.4 Å². The Morgan fingerprint density at radius 1 is 1.27 bits per heavy atom. The van der Waals surface area contributed by atoms with Gasteiger partial charge in [0.2, 0.25) is 0 Å². The van der Waals surface area contributed by atoms with Crippen molar-refractivity contribution in [3.8, 4) is 11.5 Å². The molecule has 1 amide bonds. The summed E-state index contributed by atoms with van der Waals surface area (Å²) in [6, 6.07) is 3.61. The summed E-state index contributed by atoms with van der Waals surface area (Å²) >= 11 is 0. The monoisotopic (exact) mass is 317 g/mol. The molecule has 22 heavy (non-hydrogen) atoms. The van der Waals surface area contributed by atoms with Crippen LogP contribution in [0.5, 0.6) is 11.5 Å². The molecule has 1 N–H and O–H groups in total. The van der Waals surface area contributed by atoms with Gasteiger partial charge in [-0.2, -0.15) is 8.78 Å². The third kappa shape index (κ3) is 5.55. The predicted molar refractivity (Wildman–Crippen MR) is 73.2 cm³/mol. The molecule has 1 rings (SSSR count). The third-order valence-electron chi connectivity index (χ3n) is 2.52. The molecule has 1 aromatic rings. The highest BCUT2D eigenvalue weighted by Gasteiger charge is 2.15. The fourth-order valence-corrected chi connectivity index (χ4v) is 1.52. The molecule has 0 bridgehead atoms. The molecule has 0 aromatic heterocycles. The van der Waals surface area contributed by atoms with E-state index in [-0.39, 0.29) is 17.1 Å². The van der Waals surface area contributed by atoms with Gasteiger partial charge in [0.05, 0.1) is 12.7 Å². The number of hydrogen-bond donors (Lipinski definition) is 1. The van der Waals surface area contributed by atoms with Crippen LogP contribution in [0.15, 0.2) is 18.2 Å². The molecular formula is C14H17F2NO5. The maximum absolute atomic E-state index is 12.2. The van der Waals surface area contributed by atoms with Crippen LogP contribution in [-0.4, -0.2) is 38.7 Å². The van der Waals surface area contributed by atoms with E-state index in [4.69, 9.17) is 9.47 Å². The van der Waals surface area contributed by atoms with Crippen LogP contribution in [0.3, 0.4) is 0 Å². The second-order valence-electron chi connectivity index (χ2n) is 4.17. The Kier molecular flexibility index (Phi) is 7.07. The summed E-state index contributed by atoms with van der Waals surface area (Å²) in [4.78, 5) is 23.1. The van der Waals surface area contributed by atoms with E-state index >= 15 is 0 Å². The van der Waals surface area contributed by atoms with Crippen molar-refractivity contribution in [3.05, 3.63) is 23.8 Å². The van der Waals surface area contributed by atoms with Gasteiger partial charge in [-0.1, -0.05) is 6.92 Å². The van der Waals surface area contributed by atoms with Gasteiger partial charge in [-0.3, -0.25) is 4.79 Å². The van der Waals surface area contributed by atoms with Gasteiger partial charge in [0, 0.05) is 6.54 Å². The molecule has 0 saturated carbocycles. The van der Waals surface area contributed by atoms with Crippen LogP contribution in [0.2, 0.25) is 0 Å². The topological polar surface area (TPSA) is 73.9 Å². The quantitative estimate of drug-likeness (QED) is 0.742. The van der Waals surface area contributed by atoms with Gasteiger partial charge < -0.3 is 19.5 Å². The molecule has 6 nitrogen and oxygen atoms in total. The molecule has 0 atom stereocenters. The number of hydrogen-bond acceptors (Lipinski definition) is 5. The highest BCUT2D eigenvalue weighted by molar-refractivity contribution is 5.92. The lowest BCUT2D eigenvalue weighted by atomic mass is 10.2. The van der Waals surface area contributed by atoms with E-state index in [1.807, 2.05) is 6.92 Å². The number of benzene rings is 1. The lowest BCUT2D eigenvalue weighted by molar-refractivity contribution is -0.124. The molecule has 0 unspecified atom stereocenters. The van der Waals surface area contributed by atoms with Gasteiger partial charge >= 0.3 is 12.6 Å². The minimum atomic E-state index is -3.01. The van der Waals surface area contributed by atoms with Crippen LogP contribution in [0, 0.1) is 0 Å². The van der Waals surface area contributed by atoms with Crippen molar-refractivity contribution >= 4 is 11.9 Å². The van der Waals surface area contributed by atoms with Gasteiger partial charge in [-0.05, 0) is 24.6 Å².